The zero-order valence-corrected chi connectivity index (χ0v) is 9.41. The number of hydrogen-bond donors (Lipinski definition) is 1. The molecular formula is C12H24N2. The van der Waals surface area contributed by atoms with Crippen molar-refractivity contribution in [3.63, 3.8) is 0 Å². The van der Waals surface area contributed by atoms with Gasteiger partial charge in [0.05, 0.1) is 0 Å². The molecule has 1 aliphatic carbocycles. The average Bonchev–Trinajstić information content (AvgIpc) is 2.19. The third-order valence-electron chi connectivity index (χ3n) is 4.14. The predicted molar refractivity (Wildman–Crippen MR) is 60.2 cm³/mol. The molecule has 0 aromatic rings. The molecule has 2 heteroatoms. The van der Waals surface area contributed by atoms with Gasteiger partial charge in [-0.15, -0.1) is 0 Å². The van der Waals surface area contributed by atoms with E-state index in [4.69, 9.17) is 5.73 Å². The van der Waals surface area contributed by atoms with Crippen molar-refractivity contribution >= 4 is 0 Å². The number of piperidine rings is 1. The fourth-order valence-corrected chi connectivity index (χ4v) is 3.21. The van der Waals surface area contributed by atoms with Crippen LogP contribution in [0, 0.1) is 11.8 Å². The molecule has 1 aliphatic heterocycles. The van der Waals surface area contributed by atoms with Crippen molar-refractivity contribution < 1.29 is 0 Å². The third kappa shape index (κ3) is 2.48. The van der Waals surface area contributed by atoms with Crippen LogP contribution in [0.15, 0.2) is 0 Å². The summed E-state index contributed by atoms with van der Waals surface area (Å²) < 4.78 is 0. The number of hydrogen-bond acceptors (Lipinski definition) is 2. The Morgan fingerprint density at radius 3 is 2.36 bits per heavy atom. The minimum absolute atomic E-state index is 0.507. The molecule has 14 heavy (non-hydrogen) atoms. The molecule has 82 valence electrons. The first-order valence-corrected chi connectivity index (χ1v) is 6.20. The summed E-state index contributed by atoms with van der Waals surface area (Å²) in [6.45, 7) is 2.64. The van der Waals surface area contributed by atoms with Crippen LogP contribution in [0.4, 0.5) is 0 Å². The van der Waals surface area contributed by atoms with E-state index in [1.165, 1.54) is 51.6 Å². The highest BCUT2D eigenvalue weighted by Gasteiger charge is 2.28. The molecule has 1 heterocycles. The average molecular weight is 196 g/mol. The second-order valence-electron chi connectivity index (χ2n) is 5.34. The molecule has 2 nitrogen and oxygen atoms in total. The van der Waals surface area contributed by atoms with Crippen molar-refractivity contribution in [2.75, 3.05) is 20.1 Å². The van der Waals surface area contributed by atoms with Crippen molar-refractivity contribution in [3.8, 4) is 0 Å². The zero-order chi connectivity index (χ0) is 9.97. The third-order valence-corrected chi connectivity index (χ3v) is 4.14. The van der Waals surface area contributed by atoms with Crippen molar-refractivity contribution in [2.45, 2.75) is 44.6 Å². The van der Waals surface area contributed by atoms with Crippen molar-refractivity contribution in [3.05, 3.63) is 0 Å². The molecule has 0 bridgehead atoms. The molecule has 2 N–H and O–H groups in total. The smallest absolute Gasteiger partial charge is 0.00390 e. The normalized spacial score (nSPS) is 41.1. The van der Waals surface area contributed by atoms with Crippen LogP contribution in [0.3, 0.4) is 0 Å². The van der Waals surface area contributed by atoms with E-state index >= 15 is 0 Å². The number of nitrogens with two attached hydrogens (primary N) is 1. The van der Waals surface area contributed by atoms with Gasteiger partial charge < -0.3 is 10.6 Å². The van der Waals surface area contributed by atoms with Gasteiger partial charge in [-0.2, -0.15) is 0 Å². The molecule has 0 radical (unpaired) electrons. The van der Waals surface area contributed by atoms with Crippen molar-refractivity contribution in [2.24, 2.45) is 17.6 Å². The van der Waals surface area contributed by atoms with Gasteiger partial charge >= 0.3 is 0 Å². The van der Waals surface area contributed by atoms with E-state index in [1.54, 1.807) is 0 Å². The Hall–Kier alpha value is -0.0800. The van der Waals surface area contributed by atoms with Crippen molar-refractivity contribution in [1.82, 2.24) is 4.90 Å². The van der Waals surface area contributed by atoms with E-state index in [0.29, 0.717) is 6.04 Å². The van der Waals surface area contributed by atoms with E-state index in [0.717, 1.165) is 11.8 Å². The summed E-state index contributed by atoms with van der Waals surface area (Å²) in [5, 5.41) is 0. The maximum Gasteiger partial charge on any atom is 0.00390 e. The Kier molecular flexibility index (Phi) is 3.45. The molecule has 1 atom stereocenters. The largest absolute Gasteiger partial charge is 0.328 e. The molecule has 2 aliphatic rings. The maximum absolute atomic E-state index is 5.94. The van der Waals surface area contributed by atoms with Gasteiger partial charge in [-0.25, -0.2) is 0 Å². The number of likely N-dealkylation sites (tertiary alicyclic amines) is 1. The molecule has 1 saturated carbocycles. The highest BCUT2D eigenvalue weighted by Crippen LogP contribution is 2.34. The van der Waals surface area contributed by atoms with Gasteiger partial charge in [0.15, 0.2) is 0 Å². The lowest BCUT2D eigenvalue weighted by Crippen LogP contribution is -2.38. The molecule has 1 saturated heterocycles. The summed E-state index contributed by atoms with van der Waals surface area (Å²) in [5.74, 6) is 1.96. The van der Waals surface area contributed by atoms with Crippen LogP contribution in [0.1, 0.15) is 38.5 Å². The lowest BCUT2D eigenvalue weighted by Gasteiger charge is -2.38. The monoisotopic (exact) mass is 196 g/mol. The van der Waals surface area contributed by atoms with E-state index in [2.05, 4.69) is 11.9 Å². The molecule has 0 amide bonds. The van der Waals surface area contributed by atoms with E-state index in [9.17, 15) is 0 Å². The molecular weight excluding hydrogens is 172 g/mol. The topological polar surface area (TPSA) is 29.3 Å². The first-order chi connectivity index (χ1) is 6.75. The zero-order valence-electron chi connectivity index (χ0n) is 9.41. The first kappa shape index (κ1) is 10.4. The van der Waals surface area contributed by atoms with Crippen LogP contribution >= 0.6 is 0 Å². The van der Waals surface area contributed by atoms with Crippen LogP contribution < -0.4 is 5.73 Å². The molecule has 2 rings (SSSR count). The fourth-order valence-electron chi connectivity index (χ4n) is 3.21. The Balaban J connectivity index is 1.82. The molecule has 0 aromatic heterocycles. The number of nitrogens with zero attached hydrogens (tertiary/aromatic N) is 1. The first-order valence-electron chi connectivity index (χ1n) is 6.20. The maximum atomic E-state index is 5.94. The van der Waals surface area contributed by atoms with Gasteiger partial charge in [0, 0.05) is 12.6 Å². The Morgan fingerprint density at radius 2 is 1.71 bits per heavy atom. The van der Waals surface area contributed by atoms with E-state index in [1.807, 2.05) is 0 Å². The van der Waals surface area contributed by atoms with E-state index < -0.39 is 0 Å². The summed E-state index contributed by atoms with van der Waals surface area (Å²) in [5.41, 5.74) is 5.94. The lowest BCUT2D eigenvalue weighted by atomic mass is 9.75. The van der Waals surface area contributed by atoms with Crippen LogP contribution in [0.2, 0.25) is 0 Å². The Bertz CT molecular complexity index is 173. The minimum atomic E-state index is 0.507. The quantitative estimate of drug-likeness (QED) is 0.693. The van der Waals surface area contributed by atoms with Crippen LogP contribution in [-0.2, 0) is 0 Å². The summed E-state index contributed by atoms with van der Waals surface area (Å²) in [6.07, 6.45) is 8.18. The predicted octanol–water partition coefficient (Wildman–Crippen LogP) is 1.85. The Morgan fingerprint density at radius 1 is 1.00 bits per heavy atom. The van der Waals surface area contributed by atoms with Gasteiger partial charge in [-0.1, -0.05) is 0 Å². The molecule has 0 spiro atoms. The standard InChI is InChI=1S/C12H24N2/c1-14-8-2-3-11(9-14)10-4-6-12(13)7-5-10/h10-12H,2-9,13H2,1H3. The van der Waals surface area contributed by atoms with Crippen LogP contribution in [0.25, 0.3) is 0 Å². The summed E-state index contributed by atoms with van der Waals surface area (Å²) in [7, 11) is 2.26. The molecule has 2 fully saturated rings. The van der Waals surface area contributed by atoms with Gasteiger partial charge in [0.2, 0.25) is 0 Å². The number of rotatable bonds is 1. The molecule has 1 unspecified atom stereocenters. The van der Waals surface area contributed by atoms with Crippen molar-refractivity contribution in [1.29, 1.82) is 0 Å². The SMILES string of the molecule is CN1CCCC(C2CCC(N)CC2)C1. The summed E-state index contributed by atoms with van der Waals surface area (Å²) in [6, 6.07) is 0.507. The highest BCUT2D eigenvalue weighted by atomic mass is 15.1. The fraction of sp³-hybridized carbons (Fsp3) is 1.00. The minimum Gasteiger partial charge on any atom is -0.328 e. The second kappa shape index (κ2) is 4.63. The van der Waals surface area contributed by atoms with Gasteiger partial charge in [0.1, 0.15) is 0 Å². The van der Waals surface area contributed by atoms with Gasteiger partial charge in [-0.05, 0) is 64.0 Å². The van der Waals surface area contributed by atoms with Crippen LogP contribution in [0.5, 0.6) is 0 Å². The van der Waals surface area contributed by atoms with Gasteiger partial charge in [-0.3, -0.25) is 0 Å². The van der Waals surface area contributed by atoms with Gasteiger partial charge in [0.25, 0.3) is 0 Å². The summed E-state index contributed by atoms with van der Waals surface area (Å²) in [4.78, 5) is 2.50. The Labute approximate surface area is 87.8 Å². The summed E-state index contributed by atoms with van der Waals surface area (Å²) >= 11 is 0. The van der Waals surface area contributed by atoms with E-state index in [-0.39, 0.29) is 0 Å². The lowest BCUT2D eigenvalue weighted by molar-refractivity contribution is 0.130. The second-order valence-corrected chi connectivity index (χ2v) is 5.34. The van der Waals surface area contributed by atoms with Crippen LogP contribution in [-0.4, -0.2) is 31.1 Å². The molecule has 0 aromatic carbocycles. The highest BCUT2D eigenvalue weighted by molar-refractivity contribution is 4.82.